The van der Waals surface area contributed by atoms with E-state index in [4.69, 9.17) is 4.42 Å². The number of aromatic nitrogens is 3. The van der Waals surface area contributed by atoms with Gasteiger partial charge in [-0.25, -0.2) is 0 Å². The van der Waals surface area contributed by atoms with Gasteiger partial charge < -0.3 is 13.9 Å². The van der Waals surface area contributed by atoms with Crippen LogP contribution in [-0.2, 0) is 11.8 Å². The summed E-state index contributed by atoms with van der Waals surface area (Å²) in [6.07, 6.45) is 1.60. The maximum atomic E-state index is 12.7. The molecule has 6 nitrogen and oxygen atoms in total. The number of thioether (sulfide) groups is 1. The van der Waals surface area contributed by atoms with Gasteiger partial charge in [0.15, 0.2) is 16.7 Å². The summed E-state index contributed by atoms with van der Waals surface area (Å²) in [5, 5.41) is 8.82. The quantitative estimate of drug-likeness (QED) is 0.758. The molecule has 0 radical (unpaired) electrons. The second kappa shape index (κ2) is 7.21. The molecule has 0 saturated carbocycles. The average Bonchev–Trinajstić information content (AvgIpc) is 3.08. The Kier molecular flexibility index (Phi) is 5.51. The molecule has 0 bridgehead atoms. The van der Waals surface area contributed by atoms with E-state index in [1.165, 1.54) is 11.8 Å². The SMILES string of the molecule is CC(C)N(C(=O)[C@H](C)Sc1nnc(-c2ccco2)n1C)C(C)C. The molecule has 2 rings (SSSR count). The summed E-state index contributed by atoms with van der Waals surface area (Å²) in [5.41, 5.74) is 0. The van der Waals surface area contributed by atoms with E-state index in [2.05, 4.69) is 10.2 Å². The fraction of sp³-hybridized carbons (Fsp3) is 0.562. The van der Waals surface area contributed by atoms with Gasteiger partial charge in [0.2, 0.25) is 5.91 Å². The van der Waals surface area contributed by atoms with Crippen LogP contribution in [0.25, 0.3) is 11.6 Å². The lowest BCUT2D eigenvalue weighted by Crippen LogP contribution is -2.45. The summed E-state index contributed by atoms with van der Waals surface area (Å²) in [7, 11) is 1.88. The average molecular weight is 336 g/mol. The van der Waals surface area contributed by atoms with Gasteiger partial charge in [-0.2, -0.15) is 0 Å². The highest BCUT2D eigenvalue weighted by molar-refractivity contribution is 8.00. The number of carbonyl (C=O) groups excluding carboxylic acids is 1. The molecule has 0 N–H and O–H groups in total. The Hall–Kier alpha value is -1.76. The van der Waals surface area contributed by atoms with Crippen molar-refractivity contribution in [3.8, 4) is 11.6 Å². The first-order chi connectivity index (χ1) is 10.8. The Balaban J connectivity index is 2.14. The summed E-state index contributed by atoms with van der Waals surface area (Å²) in [6, 6.07) is 3.99. The lowest BCUT2D eigenvalue weighted by atomic mass is 10.2. The molecule has 126 valence electrons. The minimum atomic E-state index is -0.229. The number of amides is 1. The maximum absolute atomic E-state index is 12.7. The highest BCUT2D eigenvalue weighted by atomic mass is 32.2. The second-order valence-electron chi connectivity index (χ2n) is 6.04. The number of hydrogen-bond donors (Lipinski definition) is 0. The van der Waals surface area contributed by atoms with Gasteiger partial charge >= 0.3 is 0 Å². The van der Waals surface area contributed by atoms with Crippen molar-refractivity contribution in [2.45, 2.75) is 57.1 Å². The first kappa shape index (κ1) is 17.6. The Morgan fingerprint density at radius 1 is 1.22 bits per heavy atom. The molecule has 0 fully saturated rings. The van der Waals surface area contributed by atoms with E-state index in [9.17, 15) is 4.79 Å². The molecule has 2 heterocycles. The maximum Gasteiger partial charge on any atom is 0.236 e. The summed E-state index contributed by atoms with van der Waals surface area (Å²) >= 11 is 1.42. The van der Waals surface area contributed by atoms with Gasteiger partial charge in [-0.15, -0.1) is 10.2 Å². The molecule has 0 aliphatic carbocycles. The third kappa shape index (κ3) is 3.77. The van der Waals surface area contributed by atoms with Crippen molar-refractivity contribution in [3.63, 3.8) is 0 Å². The second-order valence-corrected chi connectivity index (χ2v) is 7.34. The first-order valence-electron chi connectivity index (χ1n) is 7.75. The predicted octanol–water partition coefficient (Wildman–Crippen LogP) is 3.20. The van der Waals surface area contributed by atoms with Crippen molar-refractivity contribution in [2.24, 2.45) is 7.05 Å². The van der Waals surface area contributed by atoms with Gasteiger partial charge in [0.25, 0.3) is 0 Å². The molecule has 0 saturated heterocycles. The zero-order valence-electron chi connectivity index (χ0n) is 14.5. The topological polar surface area (TPSA) is 64.2 Å². The lowest BCUT2D eigenvalue weighted by molar-refractivity contribution is -0.133. The highest BCUT2D eigenvalue weighted by Gasteiger charge is 2.27. The molecule has 1 amide bonds. The van der Waals surface area contributed by atoms with Crippen LogP contribution in [0.15, 0.2) is 28.0 Å². The van der Waals surface area contributed by atoms with Gasteiger partial charge in [-0.1, -0.05) is 11.8 Å². The number of furan rings is 1. The van der Waals surface area contributed by atoms with Crippen molar-refractivity contribution in [1.82, 2.24) is 19.7 Å². The minimum absolute atomic E-state index is 0.113. The normalized spacial score (nSPS) is 12.9. The fourth-order valence-corrected chi connectivity index (χ4v) is 3.43. The lowest BCUT2D eigenvalue weighted by Gasteiger charge is -2.32. The fourth-order valence-electron chi connectivity index (χ4n) is 2.56. The van der Waals surface area contributed by atoms with E-state index in [1.54, 1.807) is 6.26 Å². The van der Waals surface area contributed by atoms with E-state index in [0.717, 1.165) is 0 Å². The van der Waals surface area contributed by atoms with E-state index in [-0.39, 0.29) is 23.2 Å². The Labute approximate surface area is 141 Å². The summed E-state index contributed by atoms with van der Waals surface area (Å²) < 4.78 is 7.21. The summed E-state index contributed by atoms with van der Waals surface area (Å²) in [6.45, 7) is 10.0. The van der Waals surface area contributed by atoms with Crippen LogP contribution in [-0.4, -0.2) is 42.9 Å². The highest BCUT2D eigenvalue weighted by Crippen LogP contribution is 2.27. The van der Waals surface area contributed by atoms with Crippen molar-refractivity contribution < 1.29 is 9.21 Å². The number of rotatable bonds is 6. The molecule has 0 aromatic carbocycles. The zero-order valence-corrected chi connectivity index (χ0v) is 15.3. The molecule has 0 aliphatic heterocycles. The molecule has 2 aromatic heterocycles. The van der Waals surface area contributed by atoms with Gasteiger partial charge in [0.05, 0.1) is 11.5 Å². The van der Waals surface area contributed by atoms with Crippen LogP contribution in [0.4, 0.5) is 0 Å². The van der Waals surface area contributed by atoms with E-state index < -0.39 is 0 Å². The van der Waals surface area contributed by atoms with Crippen LogP contribution in [0.3, 0.4) is 0 Å². The monoisotopic (exact) mass is 336 g/mol. The Morgan fingerprint density at radius 2 is 1.87 bits per heavy atom. The van der Waals surface area contributed by atoms with Gasteiger partial charge in [0.1, 0.15) is 0 Å². The molecular formula is C16H24N4O2S. The third-order valence-electron chi connectivity index (χ3n) is 3.57. The van der Waals surface area contributed by atoms with E-state index in [1.807, 2.05) is 63.3 Å². The van der Waals surface area contributed by atoms with Crippen LogP contribution in [0.5, 0.6) is 0 Å². The summed E-state index contributed by atoms with van der Waals surface area (Å²) in [5.74, 6) is 1.43. The van der Waals surface area contributed by atoms with Gasteiger partial charge in [0, 0.05) is 19.1 Å². The van der Waals surface area contributed by atoms with Crippen LogP contribution in [0.1, 0.15) is 34.6 Å². The van der Waals surface area contributed by atoms with Crippen LogP contribution in [0, 0.1) is 0 Å². The molecule has 0 spiro atoms. The summed E-state index contributed by atoms with van der Waals surface area (Å²) in [4.78, 5) is 14.6. The standard InChI is InChI=1S/C16H24N4O2S/c1-10(2)20(11(3)4)15(21)12(5)23-16-18-17-14(19(16)6)13-8-7-9-22-13/h7-12H,1-6H3/t12-/m0/s1. The number of nitrogens with zero attached hydrogens (tertiary/aromatic N) is 4. The molecular weight excluding hydrogens is 312 g/mol. The van der Waals surface area contributed by atoms with Crippen molar-refractivity contribution in [1.29, 1.82) is 0 Å². The molecule has 0 aliphatic rings. The third-order valence-corrected chi connectivity index (χ3v) is 4.70. The van der Waals surface area contributed by atoms with Crippen LogP contribution < -0.4 is 0 Å². The molecule has 23 heavy (non-hydrogen) atoms. The molecule has 1 atom stereocenters. The van der Waals surface area contributed by atoms with Crippen molar-refractivity contribution in [3.05, 3.63) is 18.4 Å². The van der Waals surface area contributed by atoms with E-state index >= 15 is 0 Å². The smallest absolute Gasteiger partial charge is 0.236 e. The minimum Gasteiger partial charge on any atom is -0.461 e. The van der Waals surface area contributed by atoms with Crippen LogP contribution >= 0.6 is 11.8 Å². The molecule has 0 unspecified atom stereocenters. The first-order valence-corrected chi connectivity index (χ1v) is 8.63. The molecule has 7 heteroatoms. The predicted molar refractivity (Wildman–Crippen MR) is 91.1 cm³/mol. The number of hydrogen-bond acceptors (Lipinski definition) is 5. The van der Waals surface area contributed by atoms with Crippen molar-refractivity contribution >= 4 is 17.7 Å². The number of carbonyl (C=O) groups is 1. The Morgan fingerprint density at radius 3 is 2.39 bits per heavy atom. The van der Waals surface area contributed by atoms with Gasteiger partial charge in [-0.05, 0) is 46.8 Å². The van der Waals surface area contributed by atoms with Crippen molar-refractivity contribution in [2.75, 3.05) is 0 Å². The Bertz CT molecular complexity index is 641. The van der Waals surface area contributed by atoms with E-state index in [0.29, 0.717) is 16.7 Å². The molecule has 2 aromatic rings. The van der Waals surface area contributed by atoms with Crippen LogP contribution in [0.2, 0.25) is 0 Å². The zero-order chi connectivity index (χ0) is 17.1. The van der Waals surface area contributed by atoms with Gasteiger partial charge in [-0.3, -0.25) is 4.79 Å². The largest absolute Gasteiger partial charge is 0.461 e.